The van der Waals surface area contributed by atoms with Crippen LogP contribution in [-0.4, -0.2) is 55.2 Å². The highest BCUT2D eigenvalue weighted by atomic mass is 79.9. The molecule has 1 aliphatic carbocycles. The second-order valence-electron chi connectivity index (χ2n) is 7.15. The zero-order valence-electron chi connectivity index (χ0n) is 15.6. The number of methoxy groups -OCH3 is 1. The predicted molar refractivity (Wildman–Crippen MR) is 103 cm³/mol. The number of amides is 1. The van der Waals surface area contributed by atoms with Crippen molar-refractivity contribution in [3.63, 3.8) is 0 Å². The summed E-state index contributed by atoms with van der Waals surface area (Å²) in [5.41, 5.74) is 2.67. The van der Waals surface area contributed by atoms with Gasteiger partial charge in [0, 0.05) is 43.2 Å². The van der Waals surface area contributed by atoms with Gasteiger partial charge in [-0.1, -0.05) is 0 Å². The number of nitriles is 1. The summed E-state index contributed by atoms with van der Waals surface area (Å²) in [6.45, 7) is 6.50. The Morgan fingerprint density at radius 3 is 2.73 bits per heavy atom. The first kappa shape index (κ1) is 19.1. The van der Waals surface area contributed by atoms with Crippen LogP contribution in [0.1, 0.15) is 48.9 Å². The van der Waals surface area contributed by atoms with E-state index in [4.69, 9.17) is 9.72 Å². The summed E-state index contributed by atoms with van der Waals surface area (Å²) < 4.78 is 5.99. The zero-order chi connectivity index (χ0) is 18.8. The second-order valence-corrected chi connectivity index (χ2v) is 7.94. The minimum atomic E-state index is 0.0785. The van der Waals surface area contributed by atoms with Gasteiger partial charge in [0.25, 0.3) is 0 Å². The number of nitrogens with zero attached hydrogens (tertiary/aromatic N) is 4. The van der Waals surface area contributed by atoms with Crippen LogP contribution in [-0.2, 0) is 9.53 Å². The maximum Gasteiger partial charge on any atom is 0.225 e. The highest BCUT2D eigenvalue weighted by molar-refractivity contribution is 9.10. The average Bonchev–Trinajstić information content (AvgIpc) is 3.46. The smallest absolute Gasteiger partial charge is 0.225 e. The van der Waals surface area contributed by atoms with Gasteiger partial charge in [-0.25, -0.2) is 4.98 Å². The zero-order valence-corrected chi connectivity index (χ0v) is 17.2. The standard InChI is InChI=1S/C19H25BrN4O2/c1-12-11-23(7-8-24(12)16(25)6-9-26-3)19-15(10-21)13(2)17(20)18(22-19)14-4-5-14/h12,14H,4-9,11H2,1-3H3. The van der Waals surface area contributed by atoms with Crippen molar-refractivity contribution >= 4 is 27.7 Å². The van der Waals surface area contributed by atoms with Gasteiger partial charge in [-0.3, -0.25) is 4.79 Å². The van der Waals surface area contributed by atoms with Crippen molar-refractivity contribution in [3.05, 3.63) is 21.3 Å². The highest BCUT2D eigenvalue weighted by Crippen LogP contribution is 2.45. The van der Waals surface area contributed by atoms with Crippen LogP contribution < -0.4 is 4.90 Å². The number of halogens is 1. The first-order chi connectivity index (χ1) is 12.5. The van der Waals surface area contributed by atoms with Gasteiger partial charge in [-0.15, -0.1) is 0 Å². The molecule has 1 aliphatic heterocycles. The molecule has 0 N–H and O–H groups in total. The molecule has 1 aromatic rings. The van der Waals surface area contributed by atoms with Gasteiger partial charge in [0.1, 0.15) is 11.9 Å². The number of anilines is 1. The molecule has 1 unspecified atom stereocenters. The number of pyridine rings is 1. The summed E-state index contributed by atoms with van der Waals surface area (Å²) in [6, 6.07) is 2.41. The second kappa shape index (κ2) is 7.93. The van der Waals surface area contributed by atoms with Crippen molar-refractivity contribution in [1.82, 2.24) is 9.88 Å². The molecule has 1 saturated carbocycles. The van der Waals surface area contributed by atoms with E-state index in [1.807, 2.05) is 11.8 Å². The largest absolute Gasteiger partial charge is 0.384 e. The molecule has 1 amide bonds. The fourth-order valence-corrected chi connectivity index (χ4v) is 4.14. The molecule has 1 saturated heterocycles. The third kappa shape index (κ3) is 3.72. The van der Waals surface area contributed by atoms with Crippen LogP contribution in [0.25, 0.3) is 0 Å². The molecule has 1 atom stereocenters. The number of hydrogen-bond acceptors (Lipinski definition) is 5. The topological polar surface area (TPSA) is 69.5 Å². The van der Waals surface area contributed by atoms with Gasteiger partial charge in [0.2, 0.25) is 5.91 Å². The highest BCUT2D eigenvalue weighted by Gasteiger charge is 2.33. The number of piperazine rings is 1. The number of rotatable bonds is 5. The summed E-state index contributed by atoms with van der Waals surface area (Å²) in [7, 11) is 1.61. The monoisotopic (exact) mass is 420 g/mol. The van der Waals surface area contributed by atoms with Crippen LogP contribution in [0.2, 0.25) is 0 Å². The lowest BCUT2D eigenvalue weighted by Gasteiger charge is -2.41. The maximum absolute atomic E-state index is 12.3. The fourth-order valence-electron chi connectivity index (χ4n) is 3.53. The Kier molecular flexibility index (Phi) is 5.83. The Bertz CT molecular complexity index is 742. The van der Waals surface area contributed by atoms with E-state index in [1.165, 1.54) is 0 Å². The minimum absolute atomic E-state index is 0.0785. The van der Waals surface area contributed by atoms with Crippen molar-refractivity contribution in [1.29, 1.82) is 5.26 Å². The first-order valence-electron chi connectivity index (χ1n) is 9.11. The van der Waals surface area contributed by atoms with Crippen LogP contribution in [0.5, 0.6) is 0 Å². The molecule has 7 heteroatoms. The molecule has 26 heavy (non-hydrogen) atoms. The van der Waals surface area contributed by atoms with Crippen molar-refractivity contribution in [2.24, 2.45) is 0 Å². The third-order valence-corrected chi connectivity index (χ3v) is 6.22. The molecule has 2 aliphatic rings. The molecule has 0 radical (unpaired) electrons. The Hall–Kier alpha value is -1.65. The van der Waals surface area contributed by atoms with Crippen LogP contribution in [0.3, 0.4) is 0 Å². The molecule has 0 bridgehead atoms. The lowest BCUT2D eigenvalue weighted by molar-refractivity contribution is -0.134. The number of ether oxygens (including phenoxy) is 1. The molecule has 140 valence electrons. The number of carbonyl (C=O) groups excluding carboxylic acids is 1. The Labute approximate surface area is 163 Å². The third-order valence-electron chi connectivity index (χ3n) is 5.22. The molecule has 0 aromatic carbocycles. The van der Waals surface area contributed by atoms with Crippen LogP contribution >= 0.6 is 15.9 Å². The first-order valence-corrected chi connectivity index (χ1v) is 9.90. The van der Waals surface area contributed by atoms with Crippen LogP contribution in [0.15, 0.2) is 4.47 Å². The number of aromatic nitrogens is 1. The van der Waals surface area contributed by atoms with E-state index in [0.29, 0.717) is 44.1 Å². The van der Waals surface area contributed by atoms with Gasteiger partial charge < -0.3 is 14.5 Å². The average molecular weight is 421 g/mol. The molecule has 1 aromatic heterocycles. The van der Waals surface area contributed by atoms with E-state index < -0.39 is 0 Å². The molecule has 2 heterocycles. The summed E-state index contributed by atoms with van der Waals surface area (Å²) in [5, 5.41) is 9.69. The molecule has 3 rings (SSSR count). The Balaban J connectivity index is 1.82. The van der Waals surface area contributed by atoms with Crippen molar-refractivity contribution in [2.45, 2.75) is 45.1 Å². The van der Waals surface area contributed by atoms with Gasteiger partial charge in [0.05, 0.1) is 24.3 Å². The summed E-state index contributed by atoms with van der Waals surface area (Å²) in [5.74, 6) is 1.40. The van der Waals surface area contributed by atoms with Crippen molar-refractivity contribution in [3.8, 4) is 6.07 Å². The molecule has 0 spiro atoms. The van der Waals surface area contributed by atoms with E-state index in [9.17, 15) is 10.1 Å². The van der Waals surface area contributed by atoms with Crippen molar-refractivity contribution < 1.29 is 9.53 Å². The number of carbonyl (C=O) groups is 1. The number of hydrogen-bond donors (Lipinski definition) is 0. The van der Waals surface area contributed by atoms with Crippen LogP contribution in [0.4, 0.5) is 5.82 Å². The van der Waals surface area contributed by atoms with Gasteiger partial charge in [-0.05, 0) is 48.2 Å². The van der Waals surface area contributed by atoms with Crippen LogP contribution in [0, 0.1) is 18.3 Å². The lowest BCUT2D eigenvalue weighted by Crippen LogP contribution is -2.54. The lowest BCUT2D eigenvalue weighted by atomic mass is 10.1. The molecule has 6 nitrogen and oxygen atoms in total. The van der Waals surface area contributed by atoms with Gasteiger partial charge >= 0.3 is 0 Å². The minimum Gasteiger partial charge on any atom is -0.384 e. The SMILES string of the molecule is COCCC(=O)N1CCN(c2nc(C3CC3)c(Br)c(C)c2C#N)CC1C. The maximum atomic E-state index is 12.3. The molecular formula is C19H25BrN4O2. The fraction of sp³-hybridized carbons (Fsp3) is 0.632. The summed E-state index contributed by atoms with van der Waals surface area (Å²) in [6.07, 6.45) is 2.73. The Morgan fingerprint density at radius 1 is 1.42 bits per heavy atom. The van der Waals surface area contributed by atoms with E-state index in [0.717, 1.165) is 34.4 Å². The van der Waals surface area contributed by atoms with E-state index in [2.05, 4.69) is 33.8 Å². The van der Waals surface area contributed by atoms with Crippen molar-refractivity contribution in [2.75, 3.05) is 38.3 Å². The summed E-state index contributed by atoms with van der Waals surface area (Å²) in [4.78, 5) is 21.3. The molecule has 2 fully saturated rings. The van der Waals surface area contributed by atoms with E-state index >= 15 is 0 Å². The summed E-state index contributed by atoms with van der Waals surface area (Å²) >= 11 is 3.64. The van der Waals surface area contributed by atoms with Gasteiger partial charge in [-0.2, -0.15) is 5.26 Å². The van der Waals surface area contributed by atoms with Gasteiger partial charge in [0.15, 0.2) is 0 Å². The molecular weight excluding hydrogens is 396 g/mol. The van der Waals surface area contributed by atoms with E-state index in [-0.39, 0.29) is 11.9 Å². The predicted octanol–water partition coefficient (Wildman–Crippen LogP) is 2.98. The quantitative estimate of drug-likeness (QED) is 0.731. The van der Waals surface area contributed by atoms with E-state index in [1.54, 1.807) is 7.11 Å². The Morgan fingerprint density at radius 2 is 2.15 bits per heavy atom. The normalized spacial score (nSPS) is 20.2.